The van der Waals surface area contributed by atoms with Gasteiger partial charge in [-0.25, -0.2) is 0 Å². The van der Waals surface area contributed by atoms with Crippen LogP contribution in [0.3, 0.4) is 0 Å². The summed E-state index contributed by atoms with van der Waals surface area (Å²) in [5.74, 6) is 0.0170. The lowest BCUT2D eigenvalue weighted by Crippen LogP contribution is -2.51. The molecule has 3 rings (SSSR count). The van der Waals surface area contributed by atoms with Gasteiger partial charge in [0.05, 0.1) is 24.4 Å². The quantitative estimate of drug-likeness (QED) is 0.802. The zero-order chi connectivity index (χ0) is 16.4. The second-order valence-corrected chi connectivity index (χ2v) is 6.68. The fraction of sp³-hybridized carbons (Fsp3) is 0.688. The van der Waals surface area contributed by atoms with Gasteiger partial charge in [-0.2, -0.15) is 5.10 Å². The molecule has 0 unspecified atom stereocenters. The second kappa shape index (κ2) is 6.51. The van der Waals surface area contributed by atoms with Gasteiger partial charge in [-0.15, -0.1) is 5.10 Å². The van der Waals surface area contributed by atoms with E-state index < -0.39 is 5.60 Å². The van der Waals surface area contributed by atoms with Crippen molar-refractivity contribution in [3.05, 3.63) is 24.0 Å². The first kappa shape index (κ1) is 16.3. The average molecular weight is 320 g/mol. The van der Waals surface area contributed by atoms with Crippen molar-refractivity contribution in [1.29, 1.82) is 0 Å². The number of rotatable bonds is 2. The molecule has 1 aromatic heterocycles. The van der Waals surface area contributed by atoms with Crippen LogP contribution in [0.2, 0.25) is 0 Å². The number of aliphatic hydroxyl groups is 1. The van der Waals surface area contributed by atoms with Gasteiger partial charge in [0.2, 0.25) is 0 Å². The highest BCUT2D eigenvalue weighted by atomic mass is 16.5. The molecule has 7 heteroatoms. The standard InChI is InChI=1S/C16H24N4O3/c1-16(22)8-11-9-20(15(21)12-4-3-6-18-19-12)7-5-13(11)23-10-14(16)17-2/h3-4,6,11,13-14,17,22H,5,7-10H2,1-2H3/t11-,13+,14+,16+/m0/s1. The van der Waals surface area contributed by atoms with Crippen LogP contribution in [0.15, 0.2) is 18.3 Å². The van der Waals surface area contributed by atoms with Crippen molar-refractivity contribution in [2.75, 3.05) is 26.7 Å². The Kier molecular flexibility index (Phi) is 4.61. The minimum absolute atomic E-state index is 0.0886. The number of ether oxygens (including phenoxy) is 1. The number of carbonyl (C=O) groups excluding carboxylic acids is 1. The van der Waals surface area contributed by atoms with Crippen LogP contribution in [0.4, 0.5) is 0 Å². The van der Waals surface area contributed by atoms with Crippen molar-refractivity contribution >= 4 is 5.91 Å². The maximum absolute atomic E-state index is 12.5. The number of nitrogens with one attached hydrogen (secondary N) is 1. The van der Waals surface area contributed by atoms with Gasteiger partial charge in [0.25, 0.3) is 5.91 Å². The summed E-state index contributed by atoms with van der Waals surface area (Å²) in [6.45, 7) is 3.54. The molecule has 3 heterocycles. The summed E-state index contributed by atoms with van der Waals surface area (Å²) in [7, 11) is 1.83. The number of hydrogen-bond acceptors (Lipinski definition) is 6. The second-order valence-electron chi connectivity index (χ2n) is 6.68. The lowest BCUT2D eigenvalue weighted by molar-refractivity contribution is -0.0218. The first-order valence-corrected chi connectivity index (χ1v) is 8.09. The maximum atomic E-state index is 12.5. The van der Waals surface area contributed by atoms with Crippen LogP contribution < -0.4 is 5.32 Å². The Morgan fingerprint density at radius 2 is 2.39 bits per heavy atom. The lowest BCUT2D eigenvalue weighted by atomic mass is 9.82. The Morgan fingerprint density at radius 3 is 3.09 bits per heavy atom. The topological polar surface area (TPSA) is 87.6 Å². The van der Waals surface area contributed by atoms with E-state index in [4.69, 9.17) is 4.74 Å². The van der Waals surface area contributed by atoms with Crippen LogP contribution in [0, 0.1) is 5.92 Å². The predicted molar refractivity (Wildman–Crippen MR) is 83.9 cm³/mol. The first-order valence-electron chi connectivity index (χ1n) is 8.09. The van der Waals surface area contributed by atoms with E-state index in [1.807, 2.05) is 14.0 Å². The normalized spacial score (nSPS) is 34.6. The summed E-state index contributed by atoms with van der Waals surface area (Å²) < 4.78 is 5.99. The Morgan fingerprint density at radius 1 is 1.57 bits per heavy atom. The van der Waals surface area contributed by atoms with E-state index >= 15 is 0 Å². The highest BCUT2D eigenvalue weighted by molar-refractivity contribution is 5.92. The van der Waals surface area contributed by atoms with Crippen LogP contribution in [0.5, 0.6) is 0 Å². The largest absolute Gasteiger partial charge is 0.388 e. The molecule has 2 N–H and O–H groups in total. The number of hydrogen-bond donors (Lipinski definition) is 2. The van der Waals surface area contributed by atoms with Crippen LogP contribution >= 0.6 is 0 Å². The molecule has 0 spiro atoms. The molecule has 0 saturated carbocycles. The smallest absolute Gasteiger partial charge is 0.274 e. The van der Waals surface area contributed by atoms with Crippen molar-refractivity contribution < 1.29 is 14.6 Å². The molecule has 23 heavy (non-hydrogen) atoms. The van der Waals surface area contributed by atoms with E-state index in [1.54, 1.807) is 23.2 Å². The summed E-state index contributed by atoms with van der Waals surface area (Å²) >= 11 is 0. The molecule has 2 aliphatic heterocycles. The van der Waals surface area contributed by atoms with Gasteiger partial charge in [0, 0.05) is 25.2 Å². The number of nitrogens with zero attached hydrogens (tertiary/aromatic N) is 3. The molecule has 0 bridgehead atoms. The van der Waals surface area contributed by atoms with Crippen LogP contribution in [0.1, 0.15) is 30.3 Å². The number of piperidine rings is 1. The molecule has 1 amide bonds. The molecule has 0 radical (unpaired) electrons. The van der Waals surface area contributed by atoms with Crippen molar-refractivity contribution in [1.82, 2.24) is 20.4 Å². The predicted octanol–water partition coefficient (Wildman–Crippen LogP) is 0.0666. The zero-order valence-electron chi connectivity index (χ0n) is 13.6. The summed E-state index contributed by atoms with van der Waals surface area (Å²) in [5.41, 5.74) is -0.493. The molecule has 1 aromatic rings. The van der Waals surface area contributed by atoms with Crippen LogP contribution in [0.25, 0.3) is 0 Å². The molecule has 126 valence electrons. The molecule has 0 aromatic carbocycles. The monoisotopic (exact) mass is 320 g/mol. The molecule has 4 atom stereocenters. The Hall–Kier alpha value is -1.57. The van der Waals surface area contributed by atoms with Crippen LogP contribution in [-0.2, 0) is 4.74 Å². The molecule has 7 nitrogen and oxygen atoms in total. The Labute approximate surface area is 136 Å². The molecule has 2 aliphatic rings. The van der Waals surface area contributed by atoms with Gasteiger partial charge in [-0.05, 0) is 38.9 Å². The molecule has 0 aliphatic carbocycles. The third-order valence-electron chi connectivity index (χ3n) is 4.99. The highest BCUT2D eigenvalue weighted by Crippen LogP contribution is 2.33. The number of carbonyl (C=O) groups is 1. The summed E-state index contributed by atoms with van der Waals surface area (Å²) in [4.78, 5) is 14.3. The summed E-state index contributed by atoms with van der Waals surface area (Å²) in [6, 6.07) is 3.29. The fourth-order valence-corrected chi connectivity index (χ4v) is 3.65. The van der Waals surface area contributed by atoms with E-state index in [0.29, 0.717) is 31.8 Å². The number of fused-ring (bicyclic) bond motifs is 1. The van der Waals surface area contributed by atoms with Crippen molar-refractivity contribution in [2.24, 2.45) is 5.92 Å². The van der Waals surface area contributed by atoms with E-state index in [-0.39, 0.29) is 24.0 Å². The number of likely N-dealkylation sites (tertiary alicyclic amines) is 1. The van der Waals surface area contributed by atoms with Crippen molar-refractivity contribution in [3.63, 3.8) is 0 Å². The van der Waals surface area contributed by atoms with Crippen molar-refractivity contribution in [3.8, 4) is 0 Å². The summed E-state index contributed by atoms with van der Waals surface area (Å²) in [5, 5.41) is 21.5. The molecular weight excluding hydrogens is 296 g/mol. The van der Waals surface area contributed by atoms with E-state index in [0.717, 1.165) is 6.42 Å². The van der Waals surface area contributed by atoms with E-state index in [9.17, 15) is 9.90 Å². The molecule has 2 saturated heterocycles. The number of aromatic nitrogens is 2. The van der Waals surface area contributed by atoms with Gasteiger partial charge >= 0.3 is 0 Å². The molecular formula is C16H24N4O3. The Balaban J connectivity index is 1.72. The minimum Gasteiger partial charge on any atom is -0.388 e. The number of amides is 1. The van der Waals surface area contributed by atoms with Gasteiger partial charge in [-0.1, -0.05) is 0 Å². The van der Waals surface area contributed by atoms with Gasteiger partial charge in [-0.3, -0.25) is 4.79 Å². The van der Waals surface area contributed by atoms with Gasteiger partial charge in [0.15, 0.2) is 5.69 Å². The zero-order valence-corrected chi connectivity index (χ0v) is 13.6. The average Bonchev–Trinajstić information content (AvgIpc) is 2.68. The Bertz CT molecular complexity index is 552. The van der Waals surface area contributed by atoms with E-state index in [1.165, 1.54) is 0 Å². The third-order valence-corrected chi connectivity index (χ3v) is 4.99. The summed E-state index contributed by atoms with van der Waals surface area (Å²) in [6.07, 6.45) is 3.03. The van der Waals surface area contributed by atoms with Gasteiger partial charge in [0.1, 0.15) is 0 Å². The minimum atomic E-state index is -0.854. The lowest BCUT2D eigenvalue weighted by Gasteiger charge is -2.38. The maximum Gasteiger partial charge on any atom is 0.274 e. The van der Waals surface area contributed by atoms with Gasteiger partial charge < -0.3 is 20.1 Å². The number of likely N-dealkylation sites (N-methyl/N-ethyl adjacent to an activating group) is 1. The highest BCUT2D eigenvalue weighted by Gasteiger charge is 2.43. The third kappa shape index (κ3) is 3.36. The first-order chi connectivity index (χ1) is 11.0. The molecule has 2 fully saturated rings. The van der Waals surface area contributed by atoms with E-state index in [2.05, 4.69) is 15.5 Å². The van der Waals surface area contributed by atoms with Crippen molar-refractivity contribution in [2.45, 2.75) is 37.5 Å². The fourth-order valence-electron chi connectivity index (χ4n) is 3.65. The van der Waals surface area contributed by atoms with Crippen LogP contribution in [-0.4, -0.2) is 70.6 Å². The SMILES string of the molecule is CN[C@@H]1CO[C@@H]2CCN(C(=O)c3cccnn3)C[C@@H]2C[C@@]1(C)O.